The molecule has 0 aliphatic rings. The van der Waals surface area contributed by atoms with Crippen molar-refractivity contribution in [3.05, 3.63) is 30.6 Å². The van der Waals surface area contributed by atoms with Crippen molar-refractivity contribution in [2.24, 2.45) is 16.1 Å². The number of hydrogen-bond donors (Lipinski definition) is 1. The van der Waals surface area contributed by atoms with E-state index in [4.69, 9.17) is 5.73 Å². The Labute approximate surface area is 103 Å². The first kappa shape index (κ1) is 13.5. The summed E-state index contributed by atoms with van der Waals surface area (Å²) >= 11 is 0. The second-order valence-electron chi connectivity index (χ2n) is 5.12. The largest absolute Gasteiger partial charge is 0.400 e. The van der Waals surface area contributed by atoms with E-state index in [2.05, 4.69) is 37.7 Å². The van der Waals surface area contributed by atoms with Gasteiger partial charge in [-0.15, -0.1) is 0 Å². The first-order chi connectivity index (χ1) is 7.95. The van der Waals surface area contributed by atoms with Gasteiger partial charge in [0, 0.05) is 35.9 Å². The molecule has 1 rings (SSSR count). The van der Waals surface area contributed by atoms with Crippen molar-refractivity contribution >= 4 is 6.21 Å². The fourth-order valence-electron chi connectivity index (χ4n) is 1.28. The van der Waals surface area contributed by atoms with E-state index in [1.54, 1.807) is 18.7 Å². The van der Waals surface area contributed by atoms with Gasteiger partial charge < -0.3 is 10.3 Å². The smallest absolute Gasteiger partial charge is 0.0952 e. The molecule has 94 valence electrons. The Hall–Kier alpha value is -1.58. The van der Waals surface area contributed by atoms with Gasteiger partial charge in [-0.1, -0.05) is 27.7 Å². The van der Waals surface area contributed by atoms with E-state index >= 15 is 0 Å². The highest BCUT2D eigenvalue weighted by molar-refractivity contribution is 5.63. The van der Waals surface area contributed by atoms with Crippen LogP contribution in [0.15, 0.2) is 35.6 Å². The summed E-state index contributed by atoms with van der Waals surface area (Å²) in [4.78, 5) is 8.34. The molecule has 0 aliphatic carbocycles. The summed E-state index contributed by atoms with van der Waals surface area (Å²) in [7, 11) is 0. The molecule has 0 aliphatic heterocycles. The predicted octanol–water partition coefficient (Wildman–Crippen LogP) is 2.75. The summed E-state index contributed by atoms with van der Waals surface area (Å²) in [6.45, 7) is 8.33. The number of aliphatic imine (C=N–C) groups is 1. The Morgan fingerprint density at radius 3 is 2.71 bits per heavy atom. The van der Waals surface area contributed by atoms with Gasteiger partial charge in [-0.05, 0) is 6.42 Å². The molecule has 1 heterocycles. The van der Waals surface area contributed by atoms with Crippen LogP contribution in [-0.2, 0) is 0 Å². The number of nitrogens with two attached hydrogens (primary N) is 1. The second-order valence-corrected chi connectivity index (χ2v) is 5.12. The lowest BCUT2D eigenvalue weighted by atomic mass is 9.93. The molecule has 1 aromatic rings. The molecule has 4 heteroatoms. The van der Waals surface area contributed by atoms with Crippen molar-refractivity contribution in [1.29, 1.82) is 0 Å². The minimum absolute atomic E-state index is 0.0337. The van der Waals surface area contributed by atoms with Crippen LogP contribution >= 0.6 is 0 Å². The van der Waals surface area contributed by atoms with Crippen molar-refractivity contribution in [2.45, 2.75) is 40.2 Å². The Bertz CT molecular complexity index is 382. The van der Waals surface area contributed by atoms with Crippen LogP contribution in [0.3, 0.4) is 0 Å². The summed E-state index contributed by atoms with van der Waals surface area (Å²) in [5, 5.41) is 0. The molecule has 0 amide bonds. The molecule has 4 nitrogen and oxygen atoms in total. The average molecular weight is 234 g/mol. The van der Waals surface area contributed by atoms with Gasteiger partial charge in [0.15, 0.2) is 0 Å². The lowest BCUT2D eigenvalue weighted by Gasteiger charge is -2.17. The van der Waals surface area contributed by atoms with E-state index < -0.39 is 0 Å². The van der Waals surface area contributed by atoms with Gasteiger partial charge in [0.1, 0.15) is 0 Å². The number of hydrogen-bond acceptors (Lipinski definition) is 3. The van der Waals surface area contributed by atoms with Crippen LogP contribution in [0.4, 0.5) is 0 Å². The van der Waals surface area contributed by atoms with E-state index in [-0.39, 0.29) is 11.5 Å². The Morgan fingerprint density at radius 1 is 1.53 bits per heavy atom. The molecule has 0 aromatic carbocycles. The summed E-state index contributed by atoms with van der Waals surface area (Å²) in [5.74, 6) is 0. The molecule has 0 spiro atoms. The Balaban J connectivity index is 2.70. The molecule has 17 heavy (non-hydrogen) atoms. The third-order valence-corrected chi connectivity index (χ3v) is 2.66. The summed E-state index contributed by atoms with van der Waals surface area (Å²) in [6.07, 6.45) is 10.1. The molecular weight excluding hydrogens is 212 g/mol. The lowest BCUT2D eigenvalue weighted by Crippen LogP contribution is -2.16. The highest BCUT2D eigenvalue weighted by Crippen LogP contribution is 2.20. The molecule has 0 bridgehead atoms. The molecular formula is C13H22N4. The SMILES string of the molecule is CCC(/C=N\C=C(/N)C(C)(C)C)n1ccnc1. The number of imidazole rings is 1. The molecule has 2 N–H and O–H groups in total. The number of nitrogens with zero attached hydrogens (tertiary/aromatic N) is 3. The van der Waals surface area contributed by atoms with Gasteiger partial charge in [0.2, 0.25) is 0 Å². The maximum Gasteiger partial charge on any atom is 0.0952 e. The first-order valence-electron chi connectivity index (χ1n) is 5.92. The first-order valence-corrected chi connectivity index (χ1v) is 5.92. The van der Waals surface area contributed by atoms with E-state index in [9.17, 15) is 0 Å². The normalized spacial score (nSPS) is 15.4. The van der Waals surface area contributed by atoms with Crippen molar-refractivity contribution in [1.82, 2.24) is 9.55 Å². The van der Waals surface area contributed by atoms with Gasteiger partial charge in [-0.3, -0.25) is 4.99 Å². The molecule has 0 radical (unpaired) electrons. The van der Waals surface area contributed by atoms with E-state index in [1.165, 1.54) is 0 Å². The predicted molar refractivity (Wildman–Crippen MR) is 71.8 cm³/mol. The molecule has 0 saturated carbocycles. The maximum absolute atomic E-state index is 5.93. The highest BCUT2D eigenvalue weighted by atomic mass is 15.1. The van der Waals surface area contributed by atoms with Crippen molar-refractivity contribution in [2.75, 3.05) is 0 Å². The van der Waals surface area contributed by atoms with E-state index in [1.807, 2.05) is 17.0 Å². The average Bonchev–Trinajstić information content (AvgIpc) is 2.76. The minimum Gasteiger partial charge on any atom is -0.400 e. The molecule has 1 aromatic heterocycles. The summed E-state index contributed by atoms with van der Waals surface area (Å²) in [5.41, 5.74) is 6.68. The van der Waals surface area contributed by atoms with Crippen LogP contribution in [0.25, 0.3) is 0 Å². The van der Waals surface area contributed by atoms with Crippen LogP contribution in [-0.4, -0.2) is 15.8 Å². The maximum atomic E-state index is 5.93. The molecule has 0 saturated heterocycles. The number of allylic oxidation sites excluding steroid dienone is 1. The monoisotopic (exact) mass is 234 g/mol. The summed E-state index contributed by atoms with van der Waals surface area (Å²) in [6, 6.07) is 0.238. The topological polar surface area (TPSA) is 56.2 Å². The lowest BCUT2D eigenvalue weighted by molar-refractivity contribution is 0.496. The Kier molecular flexibility index (Phi) is 4.49. The highest BCUT2D eigenvalue weighted by Gasteiger charge is 2.12. The third-order valence-electron chi connectivity index (χ3n) is 2.66. The van der Waals surface area contributed by atoms with Crippen molar-refractivity contribution in [3.63, 3.8) is 0 Å². The fourth-order valence-corrected chi connectivity index (χ4v) is 1.28. The van der Waals surface area contributed by atoms with Gasteiger partial charge in [-0.25, -0.2) is 4.98 Å². The van der Waals surface area contributed by atoms with Gasteiger partial charge in [0.05, 0.1) is 12.4 Å². The standard InChI is InChI=1S/C13H22N4/c1-5-11(17-7-6-15-10-17)8-16-9-12(14)13(2,3)4/h6-11H,5,14H2,1-4H3/b12-9-,16-8-. The quantitative estimate of drug-likeness (QED) is 0.814. The van der Waals surface area contributed by atoms with Crippen LogP contribution in [0, 0.1) is 5.41 Å². The molecule has 0 fully saturated rings. The zero-order valence-electron chi connectivity index (χ0n) is 11.1. The van der Waals surface area contributed by atoms with Crippen LogP contribution in [0.2, 0.25) is 0 Å². The van der Waals surface area contributed by atoms with Crippen LogP contribution in [0.5, 0.6) is 0 Å². The third kappa shape index (κ3) is 4.06. The second kappa shape index (κ2) is 5.66. The molecule has 1 unspecified atom stereocenters. The van der Waals surface area contributed by atoms with Gasteiger partial charge >= 0.3 is 0 Å². The van der Waals surface area contributed by atoms with Crippen molar-refractivity contribution in [3.8, 4) is 0 Å². The zero-order chi connectivity index (χ0) is 12.9. The minimum atomic E-state index is -0.0337. The van der Waals surface area contributed by atoms with Gasteiger partial charge in [0.25, 0.3) is 0 Å². The Morgan fingerprint density at radius 2 is 2.24 bits per heavy atom. The zero-order valence-corrected chi connectivity index (χ0v) is 11.1. The molecule has 1 atom stereocenters. The summed E-state index contributed by atoms with van der Waals surface area (Å²) < 4.78 is 2.03. The number of aromatic nitrogens is 2. The van der Waals surface area contributed by atoms with Crippen molar-refractivity contribution < 1.29 is 0 Å². The number of rotatable bonds is 4. The van der Waals surface area contributed by atoms with Gasteiger partial charge in [-0.2, -0.15) is 0 Å². The fraction of sp³-hybridized carbons (Fsp3) is 0.538. The van der Waals surface area contributed by atoms with Crippen LogP contribution < -0.4 is 5.73 Å². The van der Waals surface area contributed by atoms with Crippen LogP contribution in [0.1, 0.15) is 40.2 Å². The van der Waals surface area contributed by atoms with E-state index in [0.29, 0.717) is 0 Å². The van der Waals surface area contributed by atoms with E-state index in [0.717, 1.165) is 12.1 Å².